The van der Waals surface area contributed by atoms with Gasteiger partial charge in [0, 0.05) is 31.1 Å². The average Bonchev–Trinajstić information content (AvgIpc) is 3.08. The largest absolute Gasteiger partial charge is 0.348 e. The van der Waals surface area contributed by atoms with Gasteiger partial charge in [0.2, 0.25) is 0 Å². The number of benzene rings is 1. The number of aromatic amines is 1. The van der Waals surface area contributed by atoms with Crippen molar-refractivity contribution in [3.8, 4) is 0 Å². The fourth-order valence-electron chi connectivity index (χ4n) is 2.17. The predicted molar refractivity (Wildman–Crippen MR) is 87.9 cm³/mol. The van der Waals surface area contributed by atoms with E-state index in [0.717, 1.165) is 17.7 Å². The number of carbonyl (C=O) groups excluding carboxylic acids is 1. The molecule has 2 amide bonds. The molecule has 3 rings (SSSR count). The van der Waals surface area contributed by atoms with E-state index in [1.54, 1.807) is 30.9 Å². The Hall–Kier alpha value is -3.15. The van der Waals surface area contributed by atoms with Crippen LogP contribution in [0.15, 0.2) is 61.3 Å². The zero-order chi connectivity index (χ0) is 15.9. The standard InChI is InChI=1S/C17H17N5O/c23-17(22-15-2-1-7-18-10-15)20-9-14-5-3-13(4-6-14)8-16-11-19-12-21-16/h1-7,10-12H,8-9H2,(H,19,21)(H2,20,22,23). The first-order valence-corrected chi connectivity index (χ1v) is 7.29. The number of H-pyrrole nitrogens is 1. The lowest BCUT2D eigenvalue weighted by Gasteiger charge is -2.08. The zero-order valence-electron chi connectivity index (χ0n) is 12.5. The molecule has 0 aliphatic carbocycles. The molecule has 3 N–H and O–H groups in total. The topological polar surface area (TPSA) is 82.7 Å². The van der Waals surface area contributed by atoms with Crippen LogP contribution in [0.3, 0.4) is 0 Å². The Kier molecular flexibility index (Phi) is 4.63. The van der Waals surface area contributed by atoms with E-state index >= 15 is 0 Å². The Morgan fingerprint density at radius 2 is 1.87 bits per heavy atom. The summed E-state index contributed by atoms with van der Waals surface area (Å²) in [5.41, 5.74) is 3.98. The Bertz CT molecular complexity index is 738. The van der Waals surface area contributed by atoms with Crippen molar-refractivity contribution >= 4 is 11.7 Å². The summed E-state index contributed by atoms with van der Waals surface area (Å²) in [5.74, 6) is 0. The highest BCUT2D eigenvalue weighted by molar-refractivity contribution is 5.88. The number of nitrogens with zero attached hydrogens (tertiary/aromatic N) is 2. The molecule has 0 saturated carbocycles. The molecule has 2 heterocycles. The van der Waals surface area contributed by atoms with Gasteiger partial charge in [0.05, 0.1) is 18.2 Å². The zero-order valence-corrected chi connectivity index (χ0v) is 12.5. The maximum atomic E-state index is 11.8. The van der Waals surface area contributed by atoms with Crippen LogP contribution in [0.1, 0.15) is 16.8 Å². The normalized spacial score (nSPS) is 10.3. The minimum atomic E-state index is -0.250. The Balaban J connectivity index is 1.49. The summed E-state index contributed by atoms with van der Waals surface area (Å²) in [6.45, 7) is 0.469. The van der Waals surface area contributed by atoms with Gasteiger partial charge in [-0.25, -0.2) is 9.78 Å². The SMILES string of the molecule is O=C(NCc1ccc(Cc2cnc[nH]2)cc1)Nc1cccnc1. The lowest BCUT2D eigenvalue weighted by atomic mass is 10.1. The summed E-state index contributed by atoms with van der Waals surface area (Å²) < 4.78 is 0. The molecule has 0 radical (unpaired) electrons. The number of aromatic nitrogens is 3. The van der Waals surface area contributed by atoms with E-state index in [1.165, 1.54) is 5.56 Å². The summed E-state index contributed by atoms with van der Waals surface area (Å²) >= 11 is 0. The Morgan fingerprint density at radius 3 is 2.57 bits per heavy atom. The molecule has 0 spiro atoms. The fourth-order valence-corrected chi connectivity index (χ4v) is 2.17. The Labute approximate surface area is 134 Å². The maximum absolute atomic E-state index is 11.8. The third-order valence-corrected chi connectivity index (χ3v) is 3.34. The molecule has 0 atom stereocenters. The number of hydrogen-bond acceptors (Lipinski definition) is 3. The summed E-state index contributed by atoms with van der Waals surface area (Å²) in [6, 6.07) is 11.4. The first kappa shape index (κ1) is 14.8. The summed E-state index contributed by atoms with van der Waals surface area (Å²) in [4.78, 5) is 22.8. The van der Waals surface area contributed by atoms with Gasteiger partial charge in [0.1, 0.15) is 0 Å². The molecular weight excluding hydrogens is 290 g/mol. The van der Waals surface area contributed by atoms with Gasteiger partial charge in [0.25, 0.3) is 0 Å². The summed E-state index contributed by atoms with van der Waals surface area (Å²) in [5, 5.41) is 5.55. The molecule has 116 valence electrons. The minimum Gasteiger partial charge on any atom is -0.348 e. The maximum Gasteiger partial charge on any atom is 0.319 e. The second-order valence-corrected chi connectivity index (χ2v) is 5.12. The van der Waals surface area contributed by atoms with E-state index in [9.17, 15) is 4.79 Å². The van der Waals surface area contributed by atoms with E-state index in [1.807, 2.05) is 18.3 Å². The van der Waals surface area contributed by atoms with Gasteiger partial charge in [-0.1, -0.05) is 24.3 Å². The molecule has 3 aromatic rings. The lowest BCUT2D eigenvalue weighted by Crippen LogP contribution is -2.28. The highest BCUT2D eigenvalue weighted by atomic mass is 16.2. The van der Waals surface area contributed by atoms with Crippen LogP contribution < -0.4 is 10.6 Å². The van der Waals surface area contributed by atoms with Gasteiger partial charge in [-0.15, -0.1) is 0 Å². The molecule has 0 aliphatic heterocycles. The molecule has 0 unspecified atom stereocenters. The lowest BCUT2D eigenvalue weighted by molar-refractivity contribution is 0.251. The second kappa shape index (κ2) is 7.22. The van der Waals surface area contributed by atoms with E-state index in [4.69, 9.17) is 0 Å². The third kappa shape index (κ3) is 4.41. The number of anilines is 1. The molecule has 6 heteroatoms. The van der Waals surface area contributed by atoms with E-state index < -0.39 is 0 Å². The fraction of sp³-hybridized carbons (Fsp3) is 0.118. The van der Waals surface area contributed by atoms with Crippen LogP contribution in [0.5, 0.6) is 0 Å². The molecular formula is C17H17N5O. The van der Waals surface area contributed by atoms with Crippen molar-refractivity contribution < 1.29 is 4.79 Å². The quantitative estimate of drug-likeness (QED) is 0.678. The van der Waals surface area contributed by atoms with Gasteiger partial charge in [-0.05, 0) is 23.3 Å². The number of amides is 2. The van der Waals surface area contributed by atoms with Crippen molar-refractivity contribution in [2.45, 2.75) is 13.0 Å². The number of nitrogens with one attached hydrogen (secondary N) is 3. The van der Waals surface area contributed by atoms with Gasteiger partial charge in [0.15, 0.2) is 0 Å². The third-order valence-electron chi connectivity index (χ3n) is 3.34. The second-order valence-electron chi connectivity index (χ2n) is 5.12. The predicted octanol–water partition coefficient (Wildman–Crippen LogP) is 2.72. The van der Waals surface area contributed by atoms with Gasteiger partial charge in [-0.2, -0.15) is 0 Å². The highest BCUT2D eigenvalue weighted by Gasteiger charge is 2.02. The summed E-state index contributed by atoms with van der Waals surface area (Å²) in [7, 11) is 0. The van der Waals surface area contributed by atoms with Crippen LogP contribution in [0, 0.1) is 0 Å². The molecule has 0 saturated heterocycles. The van der Waals surface area contributed by atoms with Gasteiger partial charge in [-0.3, -0.25) is 4.98 Å². The number of imidazole rings is 1. The van der Waals surface area contributed by atoms with Crippen molar-refractivity contribution in [3.05, 3.63) is 78.1 Å². The van der Waals surface area contributed by atoms with Crippen LogP contribution in [0.2, 0.25) is 0 Å². The number of pyridine rings is 1. The van der Waals surface area contributed by atoms with E-state index in [2.05, 4.69) is 37.7 Å². The molecule has 2 aromatic heterocycles. The van der Waals surface area contributed by atoms with Crippen LogP contribution >= 0.6 is 0 Å². The van der Waals surface area contributed by atoms with Crippen LogP contribution in [-0.2, 0) is 13.0 Å². The van der Waals surface area contributed by atoms with Crippen molar-refractivity contribution in [1.29, 1.82) is 0 Å². The van der Waals surface area contributed by atoms with Gasteiger partial charge >= 0.3 is 6.03 Å². The Morgan fingerprint density at radius 1 is 1.04 bits per heavy atom. The van der Waals surface area contributed by atoms with Crippen LogP contribution in [-0.4, -0.2) is 21.0 Å². The average molecular weight is 307 g/mol. The van der Waals surface area contributed by atoms with Crippen molar-refractivity contribution in [1.82, 2.24) is 20.3 Å². The van der Waals surface area contributed by atoms with E-state index in [-0.39, 0.29) is 6.03 Å². The summed E-state index contributed by atoms with van der Waals surface area (Å²) in [6.07, 6.45) is 7.57. The number of hydrogen-bond donors (Lipinski definition) is 3. The number of urea groups is 1. The van der Waals surface area contributed by atoms with Crippen LogP contribution in [0.25, 0.3) is 0 Å². The van der Waals surface area contributed by atoms with Crippen LogP contribution in [0.4, 0.5) is 10.5 Å². The van der Waals surface area contributed by atoms with Gasteiger partial charge < -0.3 is 15.6 Å². The number of rotatable bonds is 5. The first-order chi connectivity index (χ1) is 11.3. The van der Waals surface area contributed by atoms with Crippen molar-refractivity contribution in [2.75, 3.05) is 5.32 Å². The van der Waals surface area contributed by atoms with Crippen molar-refractivity contribution in [2.24, 2.45) is 0 Å². The van der Waals surface area contributed by atoms with Crippen molar-refractivity contribution in [3.63, 3.8) is 0 Å². The minimum absolute atomic E-state index is 0.250. The monoisotopic (exact) mass is 307 g/mol. The highest BCUT2D eigenvalue weighted by Crippen LogP contribution is 2.09. The van der Waals surface area contributed by atoms with E-state index in [0.29, 0.717) is 12.2 Å². The number of carbonyl (C=O) groups is 1. The molecule has 0 fully saturated rings. The molecule has 6 nitrogen and oxygen atoms in total. The first-order valence-electron chi connectivity index (χ1n) is 7.29. The smallest absolute Gasteiger partial charge is 0.319 e. The molecule has 0 aliphatic rings. The molecule has 0 bridgehead atoms. The molecule has 1 aromatic carbocycles. The molecule has 23 heavy (non-hydrogen) atoms.